The molecule has 7 heteroatoms. The first-order chi connectivity index (χ1) is 9.20. The second kappa shape index (κ2) is 7.07. The number of rotatable bonds is 4. The van der Waals surface area contributed by atoms with Gasteiger partial charge < -0.3 is 10.2 Å². The first-order valence-corrected chi connectivity index (χ1v) is 6.77. The third-order valence-corrected chi connectivity index (χ3v) is 2.96. The first-order valence-electron chi connectivity index (χ1n) is 5.69. The predicted octanol–water partition coefficient (Wildman–Crippen LogP) is 3.37. The Labute approximate surface area is 129 Å². The SMILES string of the molecule is CN(C)C/C=C/C(=O)Nc1ccc(I)cc1C(F)(F)F. The van der Waals surface area contributed by atoms with E-state index in [0.717, 1.165) is 6.07 Å². The quantitative estimate of drug-likeness (QED) is 0.623. The highest BCUT2D eigenvalue weighted by molar-refractivity contribution is 14.1. The highest BCUT2D eigenvalue weighted by atomic mass is 127. The second-order valence-electron chi connectivity index (χ2n) is 4.34. The van der Waals surface area contributed by atoms with Crippen LogP contribution in [-0.4, -0.2) is 31.4 Å². The van der Waals surface area contributed by atoms with Gasteiger partial charge in [-0.2, -0.15) is 13.2 Å². The van der Waals surface area contributed by atoms with Crippen LogP contribution < -0.4 is 5.32 Å². The molecule has 0 bridgehead atoms. The number of likely N-dealkylation sites (N-methyl/N-ethyl adjacent to an activating group) is 1. The van der Waals surface area contributed by atoms with E-state index in [1.165, 1.54) is 18.2 Å². The lowest BCUT2D eigenvalue weighted by atomic mass is 10.1. The van der Waals surface area contributed by atoms with Gasteiger partial charge in [-0.3, -0.25) is 4.79 Å². The maximum absolute atomic E-state index is 12.9. The Kier molecular flexibility index (Phi) is 6.00. The van der Waals surface area contributed by atoms with Crippen LogP contribution in [0.25, 0.3) is 0 Å². The highest BCUT2D eigenvalue weighted by Gasteiger charge is 2.34. The molecular weight excluding hydrogens is 384 g/mol. The maximum atomic E-state index is 12.9. The number of carbonyl (C=O) groups excluding carboxylic acids is 1. The van der Waals surface area contributed by atoms with Crippen molar-refractivity contribution in [3.63, 3.8) is 0 Å². The Morgan fingerprint density at radius 1 is 1.40 bits per heavy atom. The van der Waals surface area contributed by atoms with Gasteiger partial charge in [0.05, 0.1) is 11.3 Å². The molecule has 0 aliphatic rings. The van der Waals surface area contributed by atoms with E-state index in [0.29, 0.717) is 10.1 Å². The van der Waals surface area contributed by atoms with Crippen LogP contribution in [-0.2, 0) is 11.0 Å². The summed E-state index contributed by atoms with van der Waals surface area (Å²) in [7, 11) is 3.65. The molecule has 0 aliphatic carbocycles. The van der Waals surface area contributed by atoms with Crippen LogP contribution in [0.4, 0.5) is 18.9 Å². The summed E-state index contributed by atoms with van der Waals surface area (Å²) >= 11 is 1.79. The van der Waals surface area contributed by atoms with Gasteiger partial charge in [-0.15, -0.1) is 0 Å². The monoisotopic (exact) mass is 398 g/mol. The number of alkyl halides is 3. The minimum absolute atomic E-state index is 0.239. The molecule has 0 unspecified atom stereocenters. The van der Waals surface area contributed by atoms with Crippen LogP contribution in [0, 0.1) is 3.57 Å². The van der Waals surface area contributed by atoms with E-state index >= 15 is 0 Å². The number of benzene rings is 1. The Bertz CT molecular complexity index is 513. The largest absolute Gasteiger partial charge is 0.418 e. The maximum Gasteiger partial charge on any atom is 0.418 e. The molecule has 0 spiro atoms. The summed E-state index contributed by atoms with van der Waals surface area (Å²) in [6, 6.07) is 3.76. The fraction of sp³-hybridized carbons (Fsp3) is 0.308. The molecule has 1 aromatic carbocycles. The molecule has 0 aromatic heterocycles. The molecule has 1 aromatic rings. The summed E-state index contributed by atoms with van der Waals surface area (Å²) in [5.41, 5.74) is -1.09. The van der Waals surface area contributed by atoms with Crippen molar-refractivity contribution in [1.82, 2.24) is 4.90 Å². The highest BCUT2D eigenvalue weighted by Crippen LogP contribution is 2.35. The molecule has 0 radical (unpaired) electrons. The van der Waals surface area contributed by atoms with E-state index < -0.39 is 17.6 Å². The average Bonchev–Trinajstić information content (AvgIpc) is 2.29. The summed E-state index contributed by atoms with van der Waals surface area (Å²) in [5.74, 6) is -0.585. The van der Waals surface area contributed by atoms with E-state index in [-0.39, 0.29) is 5.69 Å². The van der Waals surface area contributed by atoms with Crippen molar-refractivity contribution in [2.24, 2.45) is 0 Å². The fourth-order valence-electron chi connectivity index (χ4n) is 1.40. The van der Waals surface area contributed by atoms with Gasteiger partial charge in [0.1, 0.15) is 0 Å². The van der Waals surface area contributed by atoms with Gasteiger partial charge in [-0.05, 0) is 54.9 Å². The van der Waals surface area contributed by atoms with Crippen LogP contribution >= 0.6 is 22.6 Å². The van der Waals surface area contributed by atoms with E-state index in [2.05, 4.69) is 5.32 Å². The van der Waals surface area contributed by atoms with Crippen LogP contribution in [0.1, 0.15) is 5.56 Å². The Hall–Kier alpha value is -1.09. The van der Waals surface area contributed by atoms with E-state index in [1.54, 1.807) is 28.7 Å². The van der Waals surface area contributed by atoms with Crippen molar-refractivity contribution in [1.29, 1.82) is 0 Å². The zero-order chi connectivity index (χ0) is 15.3. The van der Waals surface area contributed by atoms with E-state index in [4.69, 9.17) is 0 Å². The molecule has 1 N–H and O–H groups in total. The van der Waals surface area contributed by atoms with Gasteiger partial charge in [-0.25, -0.2) is 0 Å². The van der Waals surface area contributed by atoms with E-state index in [9.17, 15) is 18.0 Å². The lowest BCUT2D eigenvalue weighted by molar-refractivity contribution is -0.137. The molecule has 1 rings (SSSR count). The number of hydrogen-bond donors (Lipinski definition) is 1. The molecule has 0 heterocycles. The van der Waals surface area contributed by atoms with Gasteiger partial charge in [0.15, 0.2) is 0 Å². The summed E-state index contributed by atoms with van der Waals surface area (Å²) in [4.78, 5) is 13.4. The van der Waals surface area contributed by atoms with E-state index in [1.807, 2.05) is 19.0 Å². The van der Waals surface area contributed by atoms with Gasteiger partial charge in [0.25, 0.3) is 0 Å². The standard InChI is InChI=1S/C13H14F3IN2O/c1-19(2)7-3-4-12(20)18-11-6-5-9(17)8-10(11)13(14,15)16/h3-6,8H,7H2,1-2H3,(H,18,20)/b4-3+. The number of nitrogens with one attached hydrogen (secondary N) is 1. The lowest BCUT2D eigenvalue weighted by Crippen LogP contribution is -2.16. The van der Waals surface area contributed by atoms with Crippen molar-refractivity contribution in [2.45, 2.75) is 6.18 Å². The molecule has 1 amide bonds. The molecule has 0 aliphatic heterocycles. The summed E-state index contributed by atoms with van der Waals surface area (Å²) < 4.78 is 39.0. The molecule has 0 fully saturated rings. The van der Waals surface area contributed by atoms with Crippen molar-refractivity contribution in [3.05, 3.63) is 39.5 Å². The number of hydrogen-bond acceptors (Lipinski definition) is 2. The van der Waals surface area contributed by atoms with Crippen LogP contribution in [0.2, 0.25) is 0 Å². The summed E-state index contributed by atoms with van der Waals surface area (Å²) in [5, 5.41) is 2.25. The average molecular weight is 398 g/mol. The van der Waals surface area contributed by atoms with Crippen molar-refractivity contribution in [2.75, 3.05) is 26.0 Å². The van der Waals surface area contributed by atoms with Crippen LogP contribution in [0.15, 0.2) is 30.4 Å². The van der Waals surface area contributed by atoms with Gasteiger partial charge in [0, 0.05) is 16.2 Å². The lowest BCUT2D eigenvalue weighted by Gasteiger charge is -2.13. The molecular formula is C13H14F3IN2O. The summed E-state index contributed by atoms with van der Waals surface area (Å²) in [6.45, 7) is 0.534. The van der Waals surface area contributed by atoms with Gasteiger partial charge in [-0.1, -0.05) is 6.08 Å². The second-order valence-corrected chi connectivity index (χ2v) is 5.59. The molecule has 20 heavy (non-hydrogen) atoms. The molecule has 3 nitrogen and oxygen atoms in total. The van der Waals surface area contributed by atoms with Crippen molar-refractivity contribution < 1.29 is 18.0 Å². The smallest absolute Gasteiger partial charge is 0.322 e. The normalized spacial score (nSPS) is 12.2. The van der Waals surface area contributed by atoms with Crippen LogP contribution in [0.5, 0.6) is 0 Å². The summed E-state index contributed by atoms with van der Waals surface area (Å²) in [6.07, 6.45) is -1.70. The molecule has 0 atom stereocenters. The Morgan fingerprint density at radius 3 is 2.60 bits per heavy atom. The number of anilines is 1. The number of nitrogens with zero attached hydrogens (tertiary/aromatic N) is 1. The molecule has 0 saturated carbocycles. The minimum atomic E-state index is -4.50. The fourth-order valence-corrected chi connectivity index (χ4v) is 1.90. The minimum Gasteiger partial charge on any atom is -0.322 e. The van der Waals surface area contributed by atoms with Crippen LogP contribution in [0.3, 0.4) is 0 Å². The zero-order valence-electron chi connectivity index (χ0n) is 11.0. The molecule has 110 valence electrons. The Balaban J connectivity index is 2.87. The molecule has 0 saturated heterocycles. The third kappa shape index (κ3) is 5.49. The number of halogens is 4. The topological polar surface area (TPSA) is 32.3 Å². The van der Waals surface area contributed by atoms with Crippen molar-refractivity contribution in [3.8, 4) is 0 Å². The third-order valence-electron chi connectivity index (χ3n) is 2.28. The van der Waals surface area contributed by atoms with Gasteiger partial charge >= 0.3 is 6.18 Å². The number of amides is 1. The predicted molar refractivity (Wildman–Crippen MR) is 80.5 cm³/mol. The van der Waals surface area contributed by atoms with Gasteiger partial charge in [0.2, 0.25) is 5.91 Å². The van der Waals surface area contributed by atoms with Crippen molar-refractivity contribution >= 4 is 34.2 Å². The zero-order valence-corrected chi connectivity index (χ0v) is 13.1. The number of carbonyl (C=O) groups is 1. The Morgan fingerprint density at radius 2 is 2.05 bits per heavy atom. The first kappa shape index (κ1) is 17.0.